The van der Waals surface area contributed by atoms with E-state index in [4.69, 9.17) is 11.6 Å². The highest BCUT2D eigenvalue weighted by Gasteiger charge is 2.29. The number of alkyl halides is 3. The Morgan fingerprint density at radius 3 is 2.57 bits per heavy atom. The molecule has 0 saturated carbocycles. The van der Waals surface area contributed by atoms with E-state index < -0.39 is 24.7 Å². The topological polar surface area (TPSA) is 94.1 Å². The van der Waals surface area contributed by atoms with Crippen molar-refractivity contribution in [2.24, 2.45) is 0 Å². The van der Waals surface area contributed by atoms with Gasteiger partial charge in [0.1, 0.15) is 22.3 Å². The summed E-state index contributed by atoms with van der Waals surface area (Å²) < 4.78 is 41.3. The zero-order valence-electron chi connectivity index (χ0n) is 16.5. The molecule has 0 fully saturated rings. The number of hydrogen-bond donors (Lipinski definition) is 1. The van der Waals surface area contributed by atoms with Crippen molar-refractivity contribution in [2.75, 3.05) is 6.61 Å². The van der Waals surface area contributed by atoms with Gasteiger partial charge in [-0.15, -0.1) is 0 Å². The monoisotopic (exact) mass is 444 g/mol. The molecular weight excluding hydrogens is 425 g/mol. The van der Waals surface area contributed by atoms with Crippen LogP contribution in [0.15, 0.2) is 18.3 Å². The van der Waals surface area contributed by atoms with Gasteiger partial charge in [0, 0.05) is 18.3 Å². The van der Waals surface area contributed by atoms with Crippen LogP contribution >= 0.6 is 11.6 Å². The third-order valence-corrected chi connectivity index (χ3v) is 4.20. The molecule has 162 valence electrons. The Morgan fingerprint density at radius 1 is 1.27 bits per heavy atom. The fourth-order valence-corrected chi connectivity index (χ4v) is 2.64. The van der Waals surface area contributed by atoms with Gasteiger partial charge >= 0.3 is 6.18 Å². The summed E-state index contributed by atoms with van der Waals surface area (Å²) in [7, 11) is 0. The quantitative estimate of drug-likeness (QED) is 0.665. The number of ether oxygens (including phenoxy) is 1. The number of nitrogens with one attached hydrogen (secondary N) is 1. The summed E-state index contributed by atoms with van der Waals surface area (Å²) >= 11 is 5.94. The van der Waals surface area contributed by atoms with Crippen molar-refractivity contribution in [2.45, 2.75) is 45.8 Å². The Labute approximate surface area is 176 Å². The van der Waals surface area contributed by atoms with E-state index in [0.29, 0.717) is 17.7 Å². The number of rotatable bonds is 8. The number of pyridine rings is 1. The Bertz CT molecular complexity index is 938. The molecule has 0 aliphatic carbocycles. The van der Waals surface area contributed by atoms with Crippen LogP contribution in [-0.2, 0) is 11.2 Å². The fourth-order valence-electron chi connectivity index (χ4n) is 2.41. The van der Waals surface area contributed by atoms with Gasteiger partial charge in [-0.2, -0.15) is 13.2 Å². The highest BCUT2D eigenvalue weighted by molar-refractivity contribution is 6.31. The van der Waals surface area contributed by atoms with Crippen molar-refractivity contribution in [3.05, 3.63) is 46.1 Å². The molecule has 1 unspecified atom stereocenters. The number of carbonyl (C=O) groups excluding carboxylic acids is 2. The lowest BCUT2D eigenvalue weighted by molar-refractivity contribution is -0.154. The maximum absolute atomic E-state index is 12.6. The first-order valence-electron chi connectivity index (χ1n) is 9.00. The van der Waals surface area contributed by atoms with E-state index in [9.17, 15) is 22.8 Å². The Kier molecular flexibility index (Phi) is 7.71. The van der Waals surface area contributed by atoms with Gasteiger partial charge in [0.15, 0.2) is 6.61 Å². The molecule has 0 aromatic carbocycles. The molecule has 11 heteroatoms. The fraction of sp³-hybridized carbons (Fsp3) is 0.421. The summed E-state index contributed by atoms with van der Waals surface area (Å²) in [5.41, 5.74) is 1.09. The lowest BCUT2D eigenvalue weighted by Gasteiger charge is -2.16. The molecule has 1 N–H and O–H groups in total. The van der Waals surface area contributed by atoms with Crippen LogP contribution < -0.4 is 10.1 Å². The molecule has 0 radical (unpaired) electrons. The second kappa shape index (κ2) is 9.84. The van der Waals surface area contributed by atoms with Crippen LogP contribution in [-0.4, -0.2) is 39.4 Å². The van der Waals surface area contributed by atoms with E-state index in [1.807, 2.05) is 0 Å². The molecule has 2 aromatic rings. The summed E-state index contributed by atoms with van der Waals surface area (Å²) in [5, 5.41) is 2.59. The number of hydrogen-bond acceptors (Lipinski definition) is 6. The molecule has 2 aromatic heterocycles. The van der Waals surface area contributed by atoms with E-state index in [1.165, 1.54) is 18.3 Å². The van der Waals surface area contributed by atoms with Crippen LogP contribution in [0.25, 0.3) is 0 Å². The summed E-state index contributed by atoms with van der Waals surface area (Å²) in [6.45, 7) is 3.55. The Morgan fingerprint density at radius 2 is 1.97 bits per heavy atom. The average Bonchev–Trinajstić information content (AvgIpc) is 2.65. The van der Waals surface area contributed by atoms with Crippen LogP contribution in [0.2, 0.25) is 5.02 Å². The summed E-state index contributed by atoms with van der Waals surface area (Å²) in [5.74, 6) is -0.649. The standard InChI is InChI=1S/C19H20ClF3N4O3/c1-4-13(28)7-16-25-10(2)5-15(27-16)17(29)26-11(3)12-6-14(20)18(24-8-12)30-9-19(21,22)23/h5-6,8,11H,4,7,9H2,1-3H3,(H,26,29). The van der Waals surface area contributed by atoms with Gasteiger partial charge in [0.05, 0.1) is 12.5 Å². The number of aryl methyl sites for hydroxylation is 1. The lowest BCUT2D eigenvalue weighted by atomic mass is 10.1. The minimum Gasteiger partial charge on any atom is -0.467 e. The lowest BCUT2D eigenvalue weighted by Crippen LogP contribution is -2.28. The molecular formula is C19H20ClF3N4O3. The molecule has 0 bridgehead atoms. The van der Waals surface area contributed by atoms with Crippen molar-refractivity contribution >= 4 is 23.3 Å². The summed E-state index contributed by atoms with van der Waals surface area (Å²) in [6.07, 6.45) is -2.88. The summed E-state index contributed by atoms with van der Waals surface area (Å²) in [4.78, 5) is 36.3. The number of carbonyl (C=O) groups is 2. The zero-order chi connectivity index (χ0) is 22.5. The van der Waals surface area contributed by atoms with Gasteiger partial charge in [-0.1, -0.05) is 18.5 Å². The number of aromatic nitrogens is 3. The van der Waals surface area contributed by atoms with Crippen molar-refractivity contribution in [3.8, 4) is 5.88 Å². The predicted molar refractivity (Wildman–Crippen MR) is 102 cm³/mol. The van der Waals surface area contributed by atoms with E-state index in [2.05, 4.69) is 25.0 Å². The van der Waals surface area contributed by atoms with Crippen LogP contribution in [0.4, 0.5) is 13.2 Å². The molecule has 7 nitrogen and oxygen atoms in total. The molecule has 1 amide bonds. The molecule has 30 heavy (non-hydrogen) atoms. The van der Waals surface area contributed by atoms with E-state index in [-0.39, 0.29) is 34.6 Å². The largest absolute Gasteiger partial charge is 0.467 e. The first-order chi connectivity index (χ1) is 14.0. The summed E-state index contributed by atoms with van der Waals surface area (Å²) in [6, 6.07) is 2.28. The van der Waals surface area contributed by atoms with Gasteiger partial charge in [-0.05, 0) is 31.5 Å². The molecule has 2 heterocycles. The van der Waals surface area contributed by atoms with Gasteiger partial charge < -0.3 is 10.1 Å². The zero-order valence-corrected chi connectivity index (χ0v) is 17.3. The second-order valence-electron chi connectivity index (χ2n) is 6.53. The van der Waals surface area contributed by atoms with E-state index >= 15 is 0 Å². The van der Waals surface area contributed by atoms with Gasteiger partial charge in [-0.3, -0.25) is 9.59 Å². The second-order valence-corrected chi connectivity index (χ2v) is 6.94. The SMILES string of the molecule is CCC(=O)Cc1nc(C)cc(C(=O)NC(C)c2cnc(OCC(F)(F)F)c(Cl)c2)n1. The maximum Gasteiger partial charge on any atom is 0.422 e. The smallest absolute Gasteiger partial charge is 0.422 e. The number of halogens is 4. The van der Waals surface area contributed by atoms with Crippen molar-refractivity contribution < 1.29 is 27.5 Å². The maximum atomic E-state index is 12.6. The van der Waals surface area contributed by atoms with Gasteiger partial charge in [0.2, 0.25) is 5.88 Å². The normalized spacial score (nSPS) is 12.4. The number of ketones is 1. The van der Waals surface area contributed by atoms with Crippen molar-refractivity contribution in [1.82, 2.24) is 20.3 Å². The Balaban J connectivity index is 2.10. The number of amides is 1. The van der Waals surface area contributed by atoms with Gasteiger partial charge in [-0.25, -0.2) is 15.0 Å². The molecule has 0 aliphatic heterocycles. The first-order valence-corrected chi connectivity index (χ1v) is 9.38. The van der Waals surface area contributed by atoms with Crippen LogP contribution in [0.3, 0.4) is 0 Å². The molecule has 0 saturated heterocycles. The minimum atomic E-state index is -4.51. The van der Waals surface area contributed by atoms with Crippen molar-refractivity contribution in [1.29, 1.82) is 0 Å². The Hall–Kier alpha value is -2.75. The minimum absolute atomic E-state index is 0.0347. The van der Waals surface area contributed by atoms with Crippen LogP contribution in [0, 0.1) is 6.92 Å². The molecule has 2 rings (SSSR count). The number of nitrogens with zero attached hydrogens (tertiary/aromatic N) is 3. The molecule has 0 spiro atoms. The highest BCUT2D eigenvalue weighted by Crippen LogP contribution is 2.27. The number of Topliss-reactive ketones (excluding diaryl/α,β-unsaturated/α-hetero) is 1. The average molecular weight is 445 g/mol. The van der Waals surface area contributed by atoms with Gasteiger partial charge in [0.25, 0.3) is 5.91 Å². The molecule has 0 aliphatic rings. The molecule has 1 atom stereocenters. The van der Waals surface area contributed by atoms with Crippen molar-refractivity contribution in [3.63, 3.8) is 0 Å². The third-order valence-electron chi connectivity index (χ3n) is 3.93. The first kappa shape index (κ1) is 23.5. The van der Waals surface area contributed by atoms with E-state index in [0.717, 1.165) is 0 Å². The third kappa shape index (κ3) is 6.94. The van der Waals surface area contributed by atoms with E-state index in [1.54, 1.807) is 20.8 Å². The highest BCUT2D eigenvalue weighted by atomic mass is 35.5. The van der Waals surface area contributed by atoms with Crippen LogP contribution in [0.1, 0.15) is 53.9 Å². The predicted octanol–water partition coefficient (Wildman–Crippen LogP) is 3.79. The van der Waals surface area contributed by atoms with Crippen LogP contribution in [0.5, 0.6) is 5.88 Å².